The van der Waals surface area contributed by atoms with E-state index in [1.165, 1.54) is 0 Å². The fourth-order valence-electron chi connectivity index (χ4n) is 1.73. The lowest BCUT2D eigenvalue weighted by molar-refractivity contribution is -0.384. The summed E-state index contributed by atoms with van der Waals surface area (Å²) in [7, 11) is 0. The summed E-state index contributed by atoms with van der Waals surface area (Å²) in [5.74, 6) is -3.88. The van der Waals surface area contributed by atoms with Crippen molar-refractivity contribution in [1.82, 2.24) is 0 Å². The van der Waals surface area contributed by atoms with Crippen molar-refractivity contribution in [2.24, 2.45) is 11.7 Å². The van der Waals surface area contributed by atoms with Gasteiger partial charge in [0, 0.05) is 0 Å². The molecule has 1 atom stereocenters. The van der Waals surface area contributed by atoms with Crippen LogP contribution in [0.25, 0.3) is 0 Å². The number of nitro groups is 1. The largest absolute Gasteiger partial charge is 0.478 e. The first kappa shape index (κ1) is 16.3. The molecule has 1 rings (SSSR count). The Morgan fingerprint density at radius 1 is 1.43 bits per heavy atom. The second-order valence-electron chi connectivity index (χ2n) is 4.68. The molecular weight excluding hydrogens is 285 g/mol. The van der Waals surface area contributed by atoms with Crippen molar-refractivity contribution >= 4 is 23.3 Å². The number of benzene rings is 1. The molecule has 4 N–H and O–H groups in total. The Balaban J connectivity index is 3.37. The summed E-state index contributed by atoms with van der Waals surface area (Å²) in [6, 6.07) is 0.300. The molecule has 21 heavy (non-hydrogen) atoms. The Morgan fingerprint density at radius 3 is 2.38 bits per heavy atom. The van der Waals surface area contributed by atoms with Crippen LogP contribution in [0.4, 0.5) is 15.8 Å². The van der Waals surface area contributed by atoms with Crippen molar-refractivity contribution in [1.29, 1.82) is 0 Å². The molecule has 0 bridgehead atoms. The normalized spacial score (nSPS) is 12.0. The van der Waals surface area contributed by atoms with Crippen molar-refractivity contribution in [3.05, 3.63) is 33.6 Å². The van der Waals surface area contributed by atoms with Gasteiger partial charge in [0.15, 0.2) is 0 Å². The number of nitrogens with one attached hydrogen (secondary N) is 1. The highest BCUT2D eigenvalue weighted by Crippen LogP contribution is 2.29. The average molecular weight is 299 g/mol. The number of anilines is 1. The van der Waals surface area contributed by atoms with Gasteiger partial charge >= 0.3 is 5.97 Å². The topological polar surface area (TPSA) is 136 Å². The van der Waals surface area contributed by atoms with Crippen molar-refractivity contribution in [2.45, 2.75) is 19.9 Å². The Labute approximate surface area is 118 Å². The van der Waals surface area contributed by atoms with Crippen LogP contribution in [-0.4, -0.2) is 27.9 Å². The molecule has 0 spiro atoms. The van der Waals surface area contributed by atoms with Crippen molar-refractivity contribution < 1.29 is 24.0 Å². The summed E-state index contributed by atoms with van der Waals surface area (Å²) >= 11 is 0. The molecule has 0 fully saturated rings. The zero-order valence-electron chi connectivity index (χ0n) is 11.3. The lowest BCUT2D eigenvalue weighted by Gasteiger charge is -2.20. The molecule has 0 aliphatic heterocycles. The monoisotopic (exact) mass is 299 g/mol. The van der Waals surface area contributed by atoms with Gasteiger partial charge in [-0.1, -0.05) is 13.8 Å². The third-order valence-corrected chi connectivity index (χ3v) is 2.80. The number of carboxylic acid groups (broad SMARTS) is 1. The van der Waals surface area contributed by atoms with Gasteiger partial charge in [-0.3, -0.25) is 14.9 Å². The molecular formula is C12H14FN3O5. The van der Waals surface area contributed by atoms with E-state index < -0.39 is 39.9 Å². The Kier molecular flexibility index (Phi) is 4.79. The van der Waals surface area contributed by atoms with E-state index in [4.69, 9.17) is 10.8 Å². The molecule has 0 radical (unpaired) electrons. The summed E-state index contributed by atoms with van der Waals surface area (Å²) in [5, 5.41) is 22.3. The van der Waals surface area contributed by atoms with Gasteiger partial charge in [0.2, 0.25) is 5.91 Å². The van der Waals surface area contributed by atoms with Gasteiger partial charge in [-0.2, -0.15) is 0 Å². The van der Waals surface area contributed by atoms with Crippen LogP contribution in [0, 0.1) is 21.8 Å². The number of primary amides is 1. The minimum Gasteiger partial charge on any atom is -0.478 e. The van der Waals surface area contributed by atoms with Crippen molar-refractivity contribution in [2.75, 3.05) is 5.32 Å². The van der Waals surface area contributed by atoms with E-state index in [9.17, 15) is 24.1 Å². The maximum atomic E-state index is 13.5. The summed E-state index contributed by atoms with van der Waals surface area (Å²) < 4.78 is 13.5. The highest BCUT2D eigenvalue weighted by molar-refractivity contribution is 5.91. The molecule has 0 saturated heterocycles. The molecule has 0 heterocycles. The maximum Gasteiger partial charge on any atom is 0.338 e. The van der Waals surface area contributed by atoms with Gasteiger partial charge in [-0.25, -0.2) is 9.18 Å². The number of amides is 1. The van der Waals surface area contributed by atoms with Gasteiger partial charge in [-0.15, -0.1) is 0 Å². The van der Waals surface area contributed by atoms with Gasteiger partial charge in [-0.05, 0) is 12.0 Å². The molecule has 0 aliphatic rings. The summed E-state index contributed by atoms with van der Waals surface area (Å²) in [6.45, 7) is 3.30. The summed E-state index contributed by atoms with van der Waals surface area (Å²) in [5.41, 5.74) is 3.48. The molecule has 1 aromatic carbocycles. The van der Waals surface area contributed by atoms with Crippen LogP contribution in [0.1, 0.15) is 24.2 Å². The number of hydrogen-bond donors (Lipinski definition) is 3. The number of hydrogen-bond acceptors (Lipinski definition) is 5. The molecule has 1 amide bonds. The number of carbonyl (C=O) groups excluding carboxylic acids is 1. The van der Waals surface area contributed by atoms with E-state index in [0.29, 0.717) is 6.07 Å². The number of nitrogens with zero attached hydrogens (tertiary/aromatic N) is 1. The molecule has 1 aromatic rings. The average Bonchev–Trinajstić information content (AvgIpc) is 2.35. The second-order valence-corrected chi connectivity index (χ2v) is 4.68. The first-order chi connectivity index (χ1) is 9.65. The van der Waals surface area contributed by atoms with Crippen LogP contribution >= 0.6 is 0 Å². The first-order valence-corrected chi connectivity index (χ1v) is 5.92. The van der Waals surface area contributed by atoms with Gasteiger partial charge in [0.1, 0.15) is 17.5 Å². The molecule has 0 aliphatic carbocycles. The maximum absolute atomic E-state index is 13.5. The van der Waals surface area contributed by atoms with Crippen molar-refractivity contribution in [3.63, 3.8) is 0 Å². The van der Waals surface area contributed by atoms with E-state index >= 15 is 0 Å². The van der Waals surface area contributed by atoms with Crippen LogP contribution < -0.4 is 11.1 Å². The number of nitrogens with two attached hydrogens (primary N) is 1. The highest BCUT2D eigenvalue weighted by Gasteiger charge is 2.26. The van der Waals surface area contributed by atoms with Crippen LogP contribution in [0.5, 0.6) is 0 Å². The summed E-state index contributed by atoms with van der Waals surface area (Å²) in [6.07, 6.45) is 0. The quantitative estimate of drug-likeness (QED) is 0.536. The van der Waals surface area contributed by atoms with Crippen LogP contribution in [0.2, 0.25) is 0 Å². The van der Waals surface area contributed by atoms with E-state index in [1.54, 1.807) is 13.8 Å². The van der Waals surface area contributed by atoms with Crippen LogP contribution in [0.15, 0.2) is 12.1 Å². The standard InChI is InChI=1S/C12H14FN3O5/c1-5(2)10(11(14)17)15-8-3-6(12(18)19)7(13)4-9(8)16(20)21/h3-5,10,15H,1-2H3,(H2,14,17)(H,18,19). The number of rotatable bonds is 6. The fourth-order valence-corrected chi connectivity index (χ4v) is 1.73. The number of carbonyl (C=O) groups is 2. The zero-order valence-corrected chi connectivity index (χ0v) is 11.3. The zero-order chi connectivity index (χ0) is 16.3. The minimum atomic E-state index is -1.58. The van der Waals surface area contributed by atoms with Crippen molar-refractivity contribution in [3.8, 4) is 0 Å². The number of nitro benzene ring substituents is 1. The number of aromatic carboxylic acids is 1. The molecule has 8 nitrogen and oxygen atoms in total. The van der Waals surface area contributed by atoms with Crippen LogP contribution in [0.3, 0.4) is 0 Å². The number of halogens is 1. The highest BCUT2D eigenvalue weighted by atomic mass is 19.1. The molecule has 0 saturated carbocycles. The van der Waals surface area contributed by atoms with E-state index in [2.05, 4.69) is 5.32 Å². The third-order valence-electron chi connectivity index (χ3n) is 2.80. The Bertz CT molecular complexity index is 603. The molecule has 114 valence electrons. The number of carboxylic acids is 1. The predicted octanol–water partition coefficient (Wildman–Crippen LogP) is 1.35. The smallest absolute Gasteiger partial charge is 0.338 e. The van der Waals surface area contributed by atoms with Gasteiger partial charge in [0.05, 0.1) is 16.6 Å². The van der Waals surface area contributed by atoms with E-state index in [-0.39, 0.29) is 11.6 Å². The predicted molar refractivity (Wildman–Crippen MR) is 71.5 cm³/mol. The minimum absolute atomic E-state index is 0.281. The first-order valence-electron chi connectivity index (χ1n) is 5.92. The fraction of sp³-hybridized carbons (Fsp3) is 0.333. The molecule has 9 heteroatoms. The third kappa shape index (κ3) is 3.65. The Hall–Kier alpha value is -2.71. The lowest BCUT2D eigenvalue weighted by Crippen LogP contribution is -2.39. The van der Waals surface area contributed by atoms with E-state index in [1.807, 2.05) is 0 Å². The Morgan fingerprint density at radius 2 is 2.00 bits per heavy atom. The van der Waals surface area contributed by atoms with E-state index in [0.717, 1.165) is 6.07 Å². The summed E-state index contributed by atoms with van der Waals surface area (Å²) in [4.78, 5) is 32.2. The second kappa shape index (κ2) is 6.16. The van der Waals surface area contributed by atoms with Gasteiger partial charge in [0.25, 0.3) is 5.69 Å². The lowest BCUT2D eigenvalue weighted by atomic mass is 10.0. The van der Waals surface area contributed by atoms with Gasteiger partial charge < -0.3 is 16.2 Å². The molecule has 1 unspecified atom stereocenters. The SMILES string of the molecule is CC(C)C(Nc1cc(C(=O)O)c(F)cc1[N+](=O)[O-])C(N)=O. The van der Waals surface area contributed by atoms with Crippen LogP contribution in [-0.2, 0) is 4.79 Å². The molecule has 0 aromatic heterocycles.